The maximum Gasteiger partial charge on any atom is 0.227 e. The lowest BCUT2D eigenvalue weighted by molar-refractivity contribution is 0.203. The minimum atomic E-state index is 0.550. The van der Waals surface area contributed by atoms with Gasteiger partial charge in [-0.15, -0.1) is 11.3 Å². The summed E-state index contributed by atoms with van der Waals surface area (Å²) in [6.45, 7) is 3.32. The Morgan fingerprint density at radius 1 is 1.03 bits per heavy atom. The molecule has 6 heteroatoms. The molecule has 0 amide bonds. The molecule has 2 aromatic carbocycles. The summed E-state index contributed by atoms with van der Waals surface area (Å²) >= 11 is 1.86. The Balaban J connectivity index is 1.16. The second-order valence-electron chi connectivity index (χ2n) is 7.64. The molecule has 0 N–H and O–H groups in total. The number of piperidine rings is 1. The van der Waals surface area contributed by atoms with E-state index < -0.39 is 0 Å². The van der Waals surface area contributed by atoms with Gasteiger partial charge in [0.25, 0.3) is 0 Å². The molecule has 0 unspecified atom stereocenters. The van der Waals surface area contributed by atoms with Gasteiger partial charge in [0.2, 0.25) is 11.7 Å². The molecule has 0 saturated carbocycles. The first-order chi connectivity index (χ1) is 14.3. The number of thiazole rings is 1. The Morgan fingerprint density at radius 2 is 1.90 bits per heavy atom. The van der Waals surface area contributed by atoms with Gasteiger partial charge in [0.1, 0.15) is 0 Å². The van der Waals surface area contributed by atoms with E-state index in [0.717, 1.165) is 42.9 Å². The molecule has 0 aliphatic carbocycles. The molecular formula is C23H24N4OS. The van der Waals surface area contributed by atoms with Gasteiger partial charge in [-0.2, -0.15) is 4.98 Å². The molecule has 0 spiro atoms. The van der Waals surface area contributed by atoms with Crippen LogP contribution in [0.25, 0.3) is 21.6 Å². The molecule has 0 bridgehead atoms. The maximum atomic E-state index is 5.44. The van der Waals surface area contributed by atoms with Crippen LogP contribution in [0.5, 0.6) is 0 Å². The number of hydrogen-bond acceptors (Lipinski definition) is 6. The van der Waals surface area contributed by atoms with E-state index in [9.17, 15) is 0 Å². The average Bonchev–Trinajstić information content (AvgIpc) is 3.42. The van der Waals surface area contributed by atoms with Crippen LogP contribution in [-0.4, -0.2) is 39.7 Å². The number of hydrogen-bond donors (Lipinski definition) is 0. The largest absolute Gasteiger partial charge is 0.339 e. The number of likely N-dealkylation sites (tertiary alicyclic amines) is 1. The van der Waals surface area contributed by atoms with E-state index in [0.29, 0.717) is 11.7 Å². The minimum Gasteiger partial charge on any atom is -0.339 e. The zero-order chi connectivity index (χ0) is 19.5. The second kappa shape index (κ2) is 8.43. The Labute approximate surface area is 174 Å². The van der Waals surface area contributed by atoms with Crippen molar-refractivity contribution in [3.63, 3.8) is 0 Å². The standard InChI is InChI=1S/C23H24N4OS/c1-2-8-17(9-3-1)22-25-21(28-26-22)13-7-15-27-14-6-10-18(16-27)23-24-19-11-4-5-12-20(19)29-23/h1-5,8-9,11-12,18H,6-7,10,13-16H2/t18-/m0/s1. The molecule has 1 fully saturated rings. The van der Waals surface area contributed by atoms with E-state index in [2.05, 4.69) is 39.3 Å². The van der Waals surface area contributed by atoms with Crippen LogP contribution in [0.4, 0.5) is 0 Å². The fraction of sp³-hybridized carbons (Fsp3) is 0.348. The summed E-state index contributed by atoms with van der Waals surface area (Å²) in [4.78, 5) is 12.0. The Hall–Kier alpha value is -2.57. The topological polar surface area (TPSA) is 55.1 Å². The summed E-state index contributed by atoms with van der Waals surface area (Å²) in [5.41, 5.74) is 2.13. The molecule has 1 saturated heterocycles. The molecule has 5 nitrogen and oxygen atoms in total. The minimum absolute atomic E-state index is 0.550. The van der Waals surface area contributed by atoms with Crippen LogP contribution in [-0.2, 0) is 6.42 Å². The first kappa shape index (κ1) is 18.5. The van der Waals surface area contributed by atoms with Crippen LogP contribution >= 0.6 is 11.3 Å². The van der Waals surface area contributed by atoms with Crippen LogP contribution in [0, 0.1) is 0 Å². The van der Waals surface area contributed by atoms with Gasteiger partial charge in [-0.05, 0) is 44.5 Å². The average molecular weight is 405 g/mol. The molecule has 4 aromatic rings. The monoisotopic (exact) mass is 404 g/mol. The van der Waals surface area contributed by atoms with Gasteiger partial charge >= 0.3 is 0 Å². The predicted molar refractivity (Wildman–Crippen MR) is 116 cm³/mol. The van der Waals surface area contributed by atoms with E-state index in [1.807, 2.05) is 41.7 Å². The summed E-state index contributed by atoms with van der Waals surface area (Å²) < 4.78 is 6.74. The van der Waals surface area contributed by atoms with Crippen molar-refractivity contribution < 1.29 is 4.52 Å². The number of rotatable bonds is 6. The molecule has 5 rings (SSSR count). The highest BCUT2D eigenvalue weighted by molar-refractivity contribution is 7.18. The molecular weight excluding hydrogens is 380 g/mol. The third kappa shape index (κ3) is 4.23. The lowest BCUT2D eigenvalue weighted by Crippen LogP contribution is -2.35. The van der Waals surface area contributed by atoms with Gasteiger partial charge in [-0.3, -0.25) is 0 Å². The van der Waals surface area contributed by atoms with E-state index >= 15 is 0 Å². The predicted octanol–water partition coefficient (Wildman–Crippen LogP) is 5.16. The van der Waals surface area contributed by atoms with E-state index in [1.54, 1.807) is 0 Å². The molecule has 148 valence electrons. The van der Waals surface area contributed by atoms with E-state index in [1.165, 1.54) is 29.1 Å². The number of aryl methyl sites for hydroxylation is 1. The second-order valence-corrected chi connectivity index (χ2v) is 8.70. The highest BCUT2D eigenvalue weighted by Gasteiger charge is 2.24. The molecule has 3 heterocycles. The third-order valence-electron chi connectivity index (χ3n) is 5.53. The zero-order valence-corrected chi connectivity index (χ0v) is 17.1. The van der Waals surface area contributed by atoms with Gasteiger partial charge in [0, 0.05) is 24.4 Å². The van der Waals surface area contributed by atoms with Crippen molar-refractivity contribution in [2.75, 3.05) is 19.6 Å². The number of fused-ring (bicyclic) bond motifs is 1. The van der Waals surface area contributed by atoms with Crippen molar-refractivity contribution in [3.05, 3.63) is 65.5 Å². The zero-order valence-electron chi connectivity index (χ0n) is 16.3. The molecule has 1 aliphatic heterocycles. The quantitative estimate of drug-likeness (QED) is 0.444. The third-order valence-corrected chi connectivity index (χ3v) is 6.73. The normalized spacial score (nSPS) is 17.7. The summed E-state index contributed by atoms with van der Waals surface area (Å²) in [6, 6.07) is 18.4. The smallest absolute Gasteiger partial charge is 0.227 e. The highest BCUT2D eigenvalue weighted by atomic mass is 32.1. The van der Waals surface area contributed by atoms with Gasteiger partial charge < -0.3 is 9.42 Å². The fourth-order valence-electron chi connectivity index (χ4n) is 4.04. The van der Waals surface area contributed by atoms with Crippen LogP contribution < -0.4 is 0 Å². The molecule has 29 heavy (non-hydrogen) atoms. The summed E-state index contributed by atoms with van der Waals surface area (Å²) in [6.07, 6.45) is 4.32. The molecule has 2 aromatic heterocycles. The first-order valence-electron chi connectivity index (χ1n) is 10.3. The maximum absolute atomic E-state index is 5.44. The van der Waals surface area contributed by atoms with Crippen LogP contribution in [0.2, 0.25) is 0 Å². The van der Waals surface area contributed by atoms with E-state index in [-0.39, 0.29) is 0 Å². The highest BCUT2D eigenvalue weighted by Crippen LogP contribution is 2.33. The summed E-state index contributed by atoms with van der Waals surface area (Å²) in [5, 5.41) is 5.41. The lowest BCUT2D eigenvalue weighted by Gasteiger charge is -2.31. The van der Waals surface area contributed by atoms with Crippen molar-refractivity contribution in [2.24, 2.45) is 0 Å². The van der Waals surface area contributed by atoms with Gasteiger partial charge in [0.15, 0.2) is 0 Å². The Bertz CT molecular complexity index is 1040. The van der Waals surface area contributed by atoms with Gasteiger partial charge in [0.05, 0.1) is 15.2 Å². The van der Waals surface area contributed by atoms with E-state index in [4.69, 9.17) is 9.51 Å². The van der Waals surface area contributed by atoms with Crippen molar-refractivity contribution in [1.29, 1.82) is 0 Å². The number of aromatic nitrogens is 3. The first-order valence-corrected chi connectivity index (χ1v) is 11.1. The van der Waals surface area contributed by atoms with Crippen molar-refractivity contribution >= 4 is 21.6 Å². The van der Waals surface area contributed by atoms with Crippen LogP contribution in [0.15, 0.2) is 59.1 Å². The number of benzene rings is 2. The Morgan fingerprint density at radius 3 is 2.79 bits per heavy atom. The Kier molecular flexibility index (Phi) is 5.37. The molecule has 1 aliphatic rings. The molecule has 1 atom stereocenters. The van der Waals surface area contributed by atoms with Crippen LogP contribution in [0.3, 0.4) is 0 Å². The summed E-state index contributed by atoms with van der Waals surface area (Å²) in [5.74, 6) is 1.95. The fourth-order valence-corrected chi connectivity index (χ4v) is 5.13. The van der Waals surface area contributed by atoms with Crippen molar-refractivity contribution in [3.8, 4) is 11.4 Å². The summed E-state index contributed by atoms with van der Waals surface area (Å²) in [7, 11) is 0. The van der Waals surface area contributed by atoms with Crippen LogP contribution in [0.1, 0.15) is 36.1 Å². The number of nitrogens with zero attached hydrogens (tertiary/aromatic N) is 4. The van der Waals surface area contributed by atoms with Crippen molar-refractivity contribution in [2.45, 2.75) is 31.6 Å². The SMILES string of the molecule is c1ccc(-c2noc(CCCN3CCC[C@H](c4nc5ccccc5s4)C3)n2)cc1. The van der Waals surface area contributed by atoms with Crippen molar-refractivity contribution in [1.82, 2.24) is 20.0 Å². The van der Waals surface area contributed by atoms with Gasteiger partial charge in [-0.1, -0.05) is 47.6 Å². The van der Waals surface area contributed by atoms with Gasteiger partial charge in [-0.25, -0.2) is 4.98 Å². The molecule has 0 radical (unpaired) electrons. The lowest BCUT2D eigenvalue weighted by atomic mass is 9.98. The number of para-hydroxylation sites is 1.